The number of aromatic nitrogens is 2. The summed E-state index contributed by atoms with van der Waals surface area (Å²) in [7, 11) is 0. The Kier molecular flexibility index (Phi) is 2.83. The highest BCUT2D eigenvalue weighted by atomic mass is 16.1. The van der Waals surface area contributed by atoms with Crippen molar-refractivity contribution in [2.45, 2.75) is 26.2 Å². The molecule has 0 amide bonds. The number of unbranched alkanes of at least 4 members (excludes halogenated alkanes) is 1. The van der Waals surface area contributed by atoms with Crippen molar-refractivity contribution in [1.82, 2.24) is 9.97 Å². The van der Waals surface area contributed by atoms with Crippen LogP contribution >= 0.6 is 0 Å². The van der Waals surface area contributed by atoms with E-state index in [9.17, 15) is 4.79 Å². The molecule has 1 aromatic heterocycles. The number of nitrogens with one attached hydrogen (secondary N) is 1. The molecule has 0 aromatic carbocycles. The largest absolute Gasteiger partial charge is 0.326 e. The van der Waals surface area contributed by atoms with Gasteiger partial charge in [0.15, 0.2) is 0 Å². The van der Waals surface area contributed by atoms with E-state index in [1.807, 2.05) is 0 Å². The molecule has 0 saturated carbocycles. The molecule has 0 spiro atoms. The summed E-state index contributed by atoms with van der Waals surface area (Å²) in [5.74, 6) is 0. The minimum atomic E-state index is -0.134. The molecule has 0 aliphatic carbocycles. The number of hydrogen-bond acceptors (Lipinski definition) is 2. The molecule has 0 radical (unpaired) electrons. The van der Waals surface area contributed by atoms with Gasteiger partial charge in [-0.25, -0.2) is 0 Å². The topological polar surface area (TPSA) is 45.8 Å². The molecule has 1 aromatic rings. The molecule has 0 unspecified atom stereocenters. The molecule has 1 heterocycles. The number of H-pyrrole nitrogens is 1. The molecule has 0 bridgehead atoms. The minimum absolute atomic E-state index is 0.134. The van der Waals surface area contributed by atoms with Gasteiger partial charge in [0.05, 0.1) is 11.9 Å². The van der Waals surface area contributed by atoms with E-state index in [1.165, 1.54) is 6.20 Å². The third-order valence-electron chi connectivity index (χ3n) is 1.52. The number of rotatable bonds is 3. The highest BCUT2D eigenvalue weighted by Crippen LogP contribution is 1.96. The predicted molar refractivity (Wildman–Crippen MR) is 43.5 cm³/mol. The van der Waals surface area contributed by atoms with Crippen LogP contribution in [-0.2, 0) is 6.42 Å². The normalized spacial score (nSPS) is 9.91. The van der Waals surface area contributed by atoms with Crippen LogP contribution in [0.1, 0.15) is 25.5 Å². The van der Waals surface area contributed by atoms with Crippen LogP contribution in [0.3, 0.4) is 0 Å². The Bertz CT molecular complexity index is 247. The van der Waals surface area contributed by atoms with E-state index >= 15 is 0 Å². The highest BCUT2D eigenvalue weighted by molar-refractivity contribution is 4.94. The van der Waals surface area contributed by atoms with Crippen LogP contribution < -0.4 is 5.56 Å². The summed E-state index contributed by atoms with van der Waals surface area (Å²) in [4.78, 5) is 17.1. The first-order valence-corrected chi connectivity index (χ1v) is 3.86. The molecule has 0 atom stereocenters. The molecule has 3 nitrogen and oxygen atoms in total. The van der Waals surface area contributed by atoms with E-state index < -0.39 is 0 Å². The van der Waals surface area contributed by atoms with Crippen molar-refractivity contribution >= 4 is 0 Å². The third kappa shape index (κ3) is 2.53. The molecule has 0 fully saturated rings. The summed E-state index contributed by atoms with van der Waals surface area (Å²) in [5.41, 5.74) is 0.830. The monoisotopic (exact) mass is 152 g/mol. The van der Waals surface area contributed by atoms with Gasteiger partial charge in [0.2, 0.25) is 0 Å². The fourth-order valence-electron chi connectivity index (χ4n) is 0.865. The second-order valence-electron chi connectivity index (χ2n) is 2.51. The zero-order valence-corrected chi connectivity index (χ0v) is 6.63. The van der Waals surface area contributed by atoms with Crippen LogP contribution in [0.4, 0.5) is 0 Å². The van der Waals surface area contributed by atoms with E-state index in [2.05, 4.69) is 16.9 Å². The van der Waals surface area contributed by atoms with Gasteiger partial charge in [0, 0.05) is 6.20 Å². The summed E-state index contributed by atoms with van der Waals surface area (Å²) < 4.78 is 0. The van der Waals surface area contributed by atoms with Gasteiger partial charge in [-0.15, -0.1) is 0 Å². The molecule has 11 heavy (non-hydrogen) atoms. The van der Waals surface area contributed by atoms with Crippen molar-refractivity contribution in [2.75, 3.05) is 0 Å². The Hall–Kier alpha value is -1.12. The van der Waals surface area contributed by atoms with Crippen LogP contribution in [0.2, 0.25) is 0 Å². The Morgan fingerprint density at radius 1 is 1.64 bits per heavy atom. The molecular formula is C8H12N2O. The van der Waals surface area contributed by atoms with Crippen LogP contribution in [0.25, 0.3) is 0 Å². The maximum atomic E-state index is 10.6. The Balaban J connectivity index is 2.59. The second kappa shape index (κ2) is 3.91. The van der Waals surface area contributed by atoms with E-state index in [0.717, 1.165) is 25.0 Å². The van der Waals surface area contributed by atoms with Crippen LogP contribution in [-0.4, -0.2) is 9.97 Å². The van der Waals surface area contributed by atoms with E-state index in [4.69, 9.17) is 0 Å². The van der Waals surface area contributed by atoms with E-state index in [-0.39, 0.29) is 5.56 Å². The van der Waals surface area contributed by atoms with E-state index in [0.29, 0.717) is 0 Å². The van der Waals surface area contributed by atoms with Crippen LogP contribution in [0, 0.1) is 0 Å². The quantitative estimate of drug-likeness (QED) is 0.705. The smallest absolute Gasteiger partial charge is 0.266 e. The maximum Gasteiger partial charge on any atom is 0.266 e. The first-order valence-electron chi connectivity index (χ1n) is 3.86. The zero-order chi connectivity index (χ0) is 8.10. The molecule has 3 heteroatoms. The van der Waals surface area contributed by atoms with E-state index in [1.54, 1.807) is 6.20 Å². The van der Waals surface area contributed by atoms with Gasteiger partial charge in [0.25, 0.3) is 5.56 Å². The summed E-state index contributed by atoms with van der Waals surface area (Å²) in [6, 6.07) is 0. The van der Waals surface area contributed by atoms with Crippen molar-refractivity contribution in [2.24, 2.45) is 0 Å². The summed E-state index contributed by atoms with van der Waals surface area (Å²) in [6.07, 6.45) is 6.23. The molecular weight excluding hydrogens is 140 g/mol. The fourth-order valence-corrected chi connectivity index (χ4v) is 0.865. The minimum Gasteiger partial charge on any atom is -0.326 e. The van der Waals surface area contributed by atoms with Gasteiger partial charge in [-0.05, 0) is 12.8 Å². The lowest BCUT2D eigenvalue weighted by atomic mass is 10.2. The average molecular weight is 152 g/mol. The fraction of sp³-hybridized carbons (Fsp3) is 0.500. The third-order valence-corrected chi connectivity index (χ3v) is 1.52. The first-order chi connectivity index (χ1) is 5.33. The lowest BCUT2D eigenvalue weighted by Gasteiger charge is -1.95. The van der Waals surface area contributed by atoms with Crippen LogP contribution in [0.15, 0.2) is 17.2 Å². The Labute approximate surface area is 65.5 Å². The predicted octanol–water partition coefficient (Wildman–Crippen LogP) is 1.11. The molecule has 0 aliphatic heterocycles. The summed E-state index contributed by atoms with van der Waals surface area (Å²) in [5, 5.41) is 0. The van der Waals surface area contributed by atoms with Gasteiger partial charge in [-0.1, -0.05) is 13.3 Å². The number of aromatic amines is 1. The molecule has 1 rings (SSSR count). The molecule has 0 aliphatic rings. The summed E-state index contributed by atoms with van der Waals surface area (Å²) >= 11 is 0. The second-order valence-corrected chi connectivity index (χ2v) is 2.51. The van der Waals surface area contributed by atoms with Crippen molar-refractivity contribution in [3.8, 4) is 0 Å². The van der Waals surface area contributed by atoms with Crippen molar-refractivity contribution in [3.63, 3.8) is 0 Å². The summed E-state index contributed by atoms with van der Waals surface area (Å²) in [6.45, 7) is 2.13. The zero-order valence-electron chi connectivity index (χ0n) is 6.63. The number of aryl methyl sites for hydroxylation is 1. The maximum absolute atomic E-state index is 10.6. The van der Waals surface area contributed by atoms with Crippen LogP contribution in [0.5, 0.6) is 0 Å². The molecule has 60 valence electrons. The first kappa shape index (κ1) is 7.98. The number of nitrogens with zero attached hydrogens (tertiary/aromatic N) is 1. The average Bonchev–Trinajstić information content (AvgIpc) is 2.04. The molecule has 0 saturated heterocycles. The van der Waals surface area contributed by atoms with Gasteiger partial charge >= 0.3 is 0 Å². The van der Waals surface area contributed by atoms with Crippen molar-refractivity contribution < 1.29 is 0 Å². The van der Waals surface area contributed by atoms with Gasteiger partial charge in [0.1, 0.15) is 0 Å². The lowest BCUT2D eigenvalue weighted by molar-refractivity contribution is 0.770. The van der Waals surface area contributed by atoms with Gasteiger partial charge < -0.3 is 4.98 Å². The SMILES string of the molecule is CCCCc1c[nH]c(=O)cn1. The van der Waals surface area contributed by atoms with Gasteiger partial charge in [-0.2, -0.15) is 0 Å². The number of hydrogen-bond donors (Lipinski definition) is 1. The Morgan fingerprint density at radius 2 is 2.45 bits per heavy atom. The standard InChI is InChI=1S/C8H12N2O/c1-2-3-4-7-5-10-8(11)6-9-7/h5-6H,2-4H2,1H3,(H,10,11). The van der Waals surface area contributed by atoms with Crippen molar-refractivity contribution in [3.05, 3.63) is 28.4 Å². The van der Waals surface area contributed by atoms with Gasteiger partial charge in [-0.3, -0.25) is 9.78 Å². The molecule has 1 N–H and O–H groups in total. The van der Waals surface area contributed by atoms with Crippen molar-refractivity contribution in [1.29, 1.82) is 0 Å². The Morgan fingerprint density at radius 3 is 3.00 bits per heavy atom. The lowest BCUT2D eigenvalue weighted by Crippen LogP contribution is -2.06. The highest BCUT2D eigenvalue weighted by Gasteiger charge is 1.91.